The van der Waals surface area contributed by atoms with E-state index < -0.39 is 0 Å². The molecule has 0 heterocycles. The quantitative estimate of drug-likeness (QED) is 0.633. The average Bonchev–Trinajstić information content (AvgIpc) is 1.86. The van der Waals surface area contributed by atoms with E-state index in [2.05, 4.69) is 41.5 Å². The highest BCUT2D eigenvalue weighted by molar-refractivity contribution is 4.63. The predicted octanol–water partition coefficient (Wildman–Crippen LogP) is 4.12. The Morgan fingerprint density at radius 3 is 1.08 bits per heavy atom. The molecule has 0 rings (SSSR count). The Morgan fingerprint density at radius 1 is 0.692 bits per heavy atom. The number of hydrogen-bond donors (Lipinski definition) is 0. The van der Waals surface area contributed by atoms with E-state index in [0.717, 1.165) is 13.2 Å². The summed E-state index contributed by atoms with van der Waals surface area (Å²) in [6.45, 7) is 18.8. The second-order valence-corrected chi connectivity index (χ2v) is 5.61. The van der Waals surface area contributed by atoms with Gasteiger partial charge in [-0.2, -0.15) is 0 Å². The van der Waals surface area contributed by atoms with E-state index >= 15 is 0 Å². The molecule has 0 fully saturated rings. The zero-order valence-electron chi connectivity index (χ0n) is 10.8. The summed E-state index contributed by atoms with van der Waals surface area (Å²) in [6.07, 6.45) is 0. The van der Waals surface area contributed by atoms with Gasteiger partial charge in [0.25, 0.3) is 0 Å². The van der Waals surface area contributed by atoms with E-state index in [0.29, 0.717) is 10.8 Å². The molecule has 0 aromatic heterocycles. The van der Waals surface area contributed by atoms with Crippen molar-refractivity contribution in [2.24, 2.45) is 10.8 Å². The lowest BCUT2D eigenvalue weighted by Gasteiger charge is -2.23. The molecule has 0 saturated heterocycles. The van der Waals surface area contributed by atoms with Crippen molar-refractivity contribution in [1.82, 2.24) is 0 Å². The molecule has 0 bridgehead atoms. The van der Waals surface area contributed by atoms with E-state index in [4.69, 9.17) is 4.74 Å². The summed E-state index contributed by atoms with van der Waals surface area (Å²) < 4.78 is 5.56. The lowest BCUT2D eigenvalue weighted by Crippen LogP contribution is -2.21. The van der Waals surface area contributed by atoms with Gasteiger partial charge < -0.3 is 4.74 Å². The van der Waals surface area contributed by atoms with Gasteiger partial charge in [0, 0.05) is 0 Å². The third-order valence-electron chi connectivity index (χ3n) is 1.07. The lowest BCUT2D eigenvalue weighted by atomic mass is 9.97. The van der Waals surface area contributed by atoms with Crippen LogP contribution in [0.1, 0.15) is 55.4 Å². The highest BCUT2D eigenvalue weighted by Gasteiger charge is 2.14. The monoisotopic (exact) mass is 188 g/mol. The highest BCUT2D eigenvalue weighted by Crippen LogP contribution is 2.17. The van der Waals surface area contributed by atoms with Crippen LogP contribution in [-0.2, 0) is 4.74 Å². The zero-order chi connectivity index (χ0) is 11.1. The number of hydrogen-bond acceptors (Lipinski definition) is 1. The molecule has 0 aromatic carbocycles. The molecule has 0 saturated carbocycles. The Hall–Kier alpha value is -0.0400. The molecule has 1 heteroatoms. The van der Waals surface area contributed by atoms with Crippen molar-refractivity contribution in [1.29, 1.82) is 0 Å². The SMILES string of the molecule is CC.CC(C)(C)COCC(C)(C)C. The predicted molar refractivity (Wildman–Crippen MR) is 61.1 cm³/mol. The van der Waals surface area contributed by atoms with Gasteiger partial charge in [0.05, 0.1) is 13.2 Å². The van der Waals surface area contributed by atoms with Crippen LogP contribution >= 0.6 is 0 Å². The van der Waals surface area contributed by atoms with Crippen LogP contribution in [0.2, 0.25) is 0 Å². The molecule has 13 heavy (non-hydrogen) atoms. The van der Waals surface area contributed by atoms with Gasteiger partial charge in [-0.15, -0.1) is 0 Å². The van der Waals surface area contributed by atoms with Crippen molar-refractivity contribution in [2.45, 2.75) is 55.4 Å². The van der Waals surface area contributed by atoms with Crippen LogP contribution in [-0.4, -0.2) is 13.2 Å². The largest absolute Gasteiger partial charge is 0.380 e. The maximum Gasteiger partial charge on any atom is 0.0514 e. The van der Waals surface area contributed by atoms with Gasteiger partial charge in [-0.3, -0.25) is 0 Å². The maximum absolute atomic E-state index is 5.56. The fourth-order valence-corrected chi connectivity index (χ4v) is 0.663. The molecular weight excluding hydrogens is 160 g/mol. The molecule has 0 aliphatic carbocycles. The molecule has 0 aliphatic rings. The molecule has 0 radical (unpaired) electrons. The second kappa shape index (κ2) is 6.42. The highest BCUT2D eigenvalue weighted by atomic mass is 16.5. The molecule has 0 N–H and O–H groups in total. The molecule has 0 aliphatic heterocycles. The molecule has 1 nitrogen and oxygen atoms in total. The van der Waals surface area contributed by atoms with Crippen molar-refractivity contribution in [3.63, 3.8) is 0 Å². The topological polar surface area (TPSA) is 9.23 Å². The summed E-state index contributed by atoms with van der Waals surface area (Å²) in [5.41, 5.74) is 0.594. The van der Waals surface area contributed by atoms with E-state index in [1.165, 1.54) is 0 Å². The minimum Gasteiger partial charge on any atom is -0.380 e. The second-order valence-electron chi connectivity index (χ2n) is 5.61. The first kappa shape index (κ1) is 15.4. The van der Waals surface area contributed by atoms with Crippen molar-refractivity contribution >= 4 is 0 Å². The molecule has 82 valence electrons. The number of rotatable bonds is 2. The zero-order valence-corrected chi connectivity index (χ0v) is 10.8. The Bertz CT molecular complexity index is 89.3. The van der Waals surface area contributed by atoms with Gasteiger partial charge in [0.2, 0.25) is 0 Å². The van der Waals surface area contributed by atoms with Crippen molar-refractivity contribution in [2.75, 3.05) is 13.2 Å². The van der Waals surface area contributed by atoms with Gasteiger partial charge in [-0.1, -0.05) is 55.4 Å². The van der Waals surface area contributed by atoms with Crippen molar-refractivity contribution in [3.8, 4) is 0 Å². The lowest BCUT2D eigenvalue weighted by molar-refractivity contribution is 0.0275. The third-order valence-corrected chi connectivity index (χ3v) is 1.07. The van der Waals surface area contributed by atoms with Gasteiger partial charge >= 0.3 is 0 Å². The first-order valence-electron chi connectivity index (χ1n) is 5.28. The van der Waals surface area contributed by atoms with E-state index in [9.17, 15) is 0 Å². The summed E-state index contributed by atoms with van der Waals surface area (Å²) in [5, 5.41) is 0. The van der Waals surface area contributed by atoms with Crippen LogP contribution in [0.5, 0.6) is 0 Å². The van der Waals surface area contributed by atoms with Gasteiger partial charge in [-0.05, 0) is 10.8 Å². The summed E-state index contributed by atoms with van der Waals surface area (Å²) in [5.74, 6) is 0. The Balaban J connectivity index is 0. The van der Waals surface area contributed by atoms with Gasteiger partial charge in [0.1, 0.15) is 0 Å². The van der Waals surface area contributed by atoms with Crippen LogP contribution < -0.4 is 0 Å². The smallest absolute Gasteiger partial charge is 0.0514 e. The van der Waals surface area contributed by atoms with Crippen LogP contribution in [0.25, 0.3) is 0 Å². The van der Waals surface area contributed by atoms with Crippen molar-refractivity contribution < 1.29 is 4.74 Å². The van der Waals surface area contributed by atoms with Crippen LogP contribution in [0.4, 0.5) is 0 Å². The van der Waals surface area contributed by atoms with Gasteiger partial charge in [-0.25, -0.2) is 0 Å². The molecule has 0 aromatic rings. The van der Waals surface area contributed by atoms with Crippen LogP contribution in [0.3, 0.4) is 0 Å². The maximum atomic E-state index is 5.56. The molecular formula is C12H28O. The van der Waals surface area contributed by atoms with Crippen molar-refractivity contribution in [3.05, 3.63) is 0 Å². The normalized spacial score (nSPS) is 12.0. The fourth-order valence-electron chi connectivity index (χ4n) is 0.663. The van der Waals surface area contributed by atoms with E-state index in [-0.39, 0.29) is 0 Å². The minimum atomic E-state index is 0.297. The Kier molecular flexibility index (Phi) is 7.62. The third kappa shape index (κ3) is 18.7. The van der Waals surface area contributed by atoms with E-state index in [1.54, 1.807) is 0 Å². The standard InChI is InChI=1S/C10H22O.C2H6/c1-9(2,3)7-11-8-10(4,5)6;1-2/h7-8H2,1-6H3;1-2H3. The molecule has 0 unspecified atom stereocenters. The first-order valence-corrected chi connectivity index (χ1v) is 5.28. The summed E-state index contributed by atoms with van der Waals surface area (Å²) in [7, 11) is 0. The summed E-state index contributed by atoms with van der Waals surface area (Å²) >= 11 is 0. The molecule has 0 amide bonds. The molecule has 0 atom stereocenters. The number of ether oxygens (including phenoxy) is 1. The minimum absolute atomic E-state index is 0.297. The average molecular weight is 188 g/mol. The summed E-state index contributed by atoms with van der Waals surface area (Å²) in [4.78, 5) is 0. The molecule has 0 spiro atoms. The van der Waals surface area contributed by atoms with E-state index in [1.807, 2.05) is 13.8 Å². The summed E-state index contributed by atoms with van der Waals surface area (Å²) in [6, 6.07) is 0. The van der Waals surface area contributed by atoms with Crippen LogP contribution in [0.15, 0.2) is 0 Å². The first-order chi connectivity index (χ1) is 5.71. The Labute approximate surface area is 84.9 Å². The van der Waals surface area contributed by atoms with Crippen LogP contribution in [0, 0.1) is 10.8 Å². The Morgan fingerprint density at radius 2 is 0.923 bits per heavy atom. The van der Waals surface area contributed by atoms with Gasteiger partial charge in [0.15, 0.2) is 0 Å². The fraction of sp³-hybridized carbons (Fsp3) is 1.00.